The molecule has 9 nitrogen and oxygen atoms in total. The first-order chi connectivity index (χ1) is 15.2. The molecule has 33 heavy (non-hydrogen) atoms. The summed E-state index contributed by atoms with van der Waals surface area (Å²) in [5.41, 5.74) is -4.52. The average Bonchev–Trinajstić information content (AvgIpc) is 3.12. The summed E-state index contributed by atoms with van der Waals surface area (Å²) in [5, 5.41) is 17.7. The number of aldehydes is 1. The number of rotatable bonds is 6. The fourth-order valence-corrected chi connectivity index (χ4v) is 2.74. The van der Waals surface area contributed by atoms with Gasteiger partial charge in [0.15, 0.2) is 6.29 Å². The van der Waals surface area contributed by atoms with Crippen LogP contribution in [0.5, 0.6) is 0 Å². The Balaban J connectivity index is 2.37. The summed E-state index contributed by atoms with van der Waals surface area (Å²) in [6.45, 7) is 5.97. The summed E-state index contributed by atoms with van der Waals surface area (Å²) < 4.78 is 46.3. The molecule has 0 unspecified atom stereocenters. The van der Waals surface area contributed by atoms with E-state index >= 15 is 0 Å². The zero-order valence-corrected chi connectivity index (χ0v) is 18.3. The van der Waals surface area contributed by atoms with Gasteiger partial charge in [0.25, 0.3) is 5.91 Å². The van der Waals surface area contributed by atoms with Crippen molar-refractivity contribution in [2.45, 2.75) is 51.6 Å². The van der Waals surface area contributed by atoms with Crippen molar-refractivity contribution in [1.29, 1.82) is 5.26 Å². The molecule has 0 aliphatic carbocycles. The van der Waals surface area contributed by atoms with E-state index in [0.717, 1.165) is 12.1 Å². The van der Waals surface area contributed by atoms with E-state index in [4.69, 9.17) is 10.00 Å². The van der Waals surface area contributed by atoms with E-state index in [9.17, 15) is 27.6 Å². The predicted molar refractivity (Wildman–Crippen MR) is 110 cm³/mol. The SMILES string of the molecule is CC(C)(C)NC(=O)O[C@@](C)(Cn1cc(C=O)cn1)C(=O)Nc1ccc(C#N)c(C(F)(F)F)c1. The Morgan fingerprint density at radius 2 is 1.91 bits per heavy atom. The maximum absolute atomic E-state index is 13.3. The van der Waals surface area contributed by atoms with Gasteiger partial charge in [-0.15, -0.1) is 0 Å². The van der Waals surface area contributed by atoms with E-state index in [1.54, 1.807) is 20.8 Å². The molecular formula is C21H22F3N5O4. The molecule has 2 amide bonds. The van der Waals surface area contributed by atoms with Crippen molar-refractivity contribution in [3.8, 4) is 6.07 Å². The van der Waals surface area contributed by atoms with Crippen LogP contribution in [0.25, 0.3) is 0 Å². The molecule has 0 radical (unpaired) electrons. The second kappa shape index (κ2) is 9.32. The van der Waals surface area contributed by atoms with Crippen LogP contribution < -0.4 is 10.6 Å². The highest BCUT2D eigenvalue weighted by atomic mass is 19.4. The number of anilines is 1. The van der Waals surface area contributed by atoms with E-state index in [2.05, 4.69) is 15.7 Å². The van der Waals surface area contributed by atoms with Gasteiger partial charge in [0, 0.05) is 17.4 Å². The molecule has 1 aromatic heterocycles. The highest BCUT2D eigenvalue weighted by Gasteiger charge is 2.40. The third-order valence-electron chi connectivity index (χ3n) is 4.23. The summed E-state index contributed by atoms with van der Waals surface area (Å²) >= 11 is 0. The van der Waals surface area contributed by atoms with E-state index in [-0.39, 0.29) is 17.8 Å². The minimum atomic E-state index is -4.82. The normalized spacial score (nSPS) is 13.4. The Bertz CT molecular complexity index is 1100. The lowest BCUT2D eigenvalue weighted by Crippen LogP contribution is -2.52. The highest BCUT2D eigenvalue weighted by Crippen LogP contribution is 2.34. The van der Waals surface area contributed by atoms with E-state index in [1.807, 2.05) is 0 Å². The number of hydrogen-bond donors (Lipinski definition) is 2. The molecule has 0 aliphatic rings. The Labute approximate surface area is 187 Å². The fourth-order valence-electron chi connectivity index (χ4n) is 2.74. The largest absolute Gasteiger partial charge is 0.431 e. The number of halogens is 3. The lowest BCUT2D eigenvalue weighted by Gasteiger charge is -2.30. The van der Waals surface area contributed by atoms with E-state index in [0.29, 0.717) is 12.4 Å². The Kier molecular flexibility index (Phi) is 7.16. The first-order valence-corrected chi connectivity index (χ1v) is 9.58. The number of amides is 2. The first kappa shape index (κ1) is 25.4. The Morgan fingerprint density at radius 1 is 1.24 bits per heavy atom. The van der Waals surface area contributed by atoms with Gasteiger partial charge in [-0.2, -0.15) is 23.5 Å². The second-order valence-electron chi connectivity index (χ2n) is 8.41. The standard InChI is InChI=1S/C21H22F3N5O4/c1-19(2,3)28-18(32)33-20(4,12-29-10-13(11-30)9-26-29)17(31)27-15-6-5-14(8-25)16(7-15)21(22,23)24/h5-7,9-11H,12H2,1-4H3,(H,27,31)(H,28,32)/t20-/m0/s1. The lowest BCUT2D eigenvalue weighted by atomic mass is 10.0. The van der Waals surface area contributed by atoms with Crippen LogP contribution in [0.3, 0.4) is 0 Å². The molecule has 176 valence electrons. The second-order valence-corrected chi connectivity index (χ2v) is 8.41. The zero-order chi connectivity index (χ0) is 25.0. The van der Waals surface area contributed by atoms with Gasteiger partial charge in [-0.05, 0) is 45.9 Å². The van der Waals surface area contributed by atoms with Crippen molar-refractivity contribution in [3.05, 3.63) is 47.3 Å². The van der Waals surface area contributed by atoms with Crippen LogP contribution in [0.2, 0.25) is 0 Å². The number of nitrogens with zero attached hydrogens (tertiary/aromatic N) is 3. The maximum atomic E-state index is 13.3. The third kappa shape index (κ3) is 6.80. The average molecular weight is 465 g/mol. The minimum Gasteiger partial charge on any atom is -0.431 e. The van der Waals surface area contributed by atoms with Crippen LogP contribution in [0, 0.1) is 11.3 Å². The molecule has 0 aliphatic heterocycles. The van der Waals surface area contributed by atoms with Crippen LogP contribution >= 0.6 is 0 Å². The molecule has 0 saturated heterocycles. The maximum Gasteiger partial charge on any atom is 0.417 e. The van der Waals surface area contributed by atoms with Gasteiger partial charge >= 0.3 is 12.3 Å². The molecular weight excluding hydrogens is 443 g/mol. The van der Waals surface area contributed by atoms with Crippen molar-refractivity contribution >= 4 is 24.0 Å². The number of carbonyl (C=O) groups is 3. The van der Waals surface area contributed by atoms with E-state index < -0.39 is 40.4 Å². The van der Waals surface area contributed by atoms with Gasteiger partial charge < -0.3 is 15.4 Å². The Hall–Kier alpha value is -3.88. The van der Waals surface area contributed by atoms with Crippen LogP contribution in [-0.2, 0) is 22.3 Å². The smallest absolute Gasteiger partial charge is 0.417 e. The van der Waals surface area contributed by atoms with Crippen molar-refractivity contribution in [2.24, 2.45) is 0 Å². The van der Waals surface area contributed by atoms with Crippen LogP contribution in [0.4, 0.5) is 23.7 Å². The number of nitrogens with one attached hydrogen (secondary N) is 2. The predicted octanol–water partition coefficient (Wildman–Crippen LogP) is 3.51. The van der Waals surface area contributed by atoms with Crippen molar-refractivity contribution in [3.63, 3.8) is 0 Å². The topological polar surface area (TPSA) is 126 Å². The monoisotopic (exact) mass is 465 g/mol. The number of alkyl carbamates (subject to hydrolysis) is 1. The van der Waals surface area contributed by atoms with Crippen LogP contribution in [-0.4, -0.2) is 39.2 Å². The quantitative estimate of drug-likeness (QED) is 0.629. The van der Waals surface area contributed by atoms with Crippen molar-refractivity contribution in [2.75, 3.05) is 5.32 Å². The molecule has 12 heteroatoms. The molecule has 1 aromatic carbocycles. The summed E-state index contributed by atoms with van der Waals surface area (Å²) in [5.74, 6) is -0.951. The molecule has 1 heterocycles. The van der Waals surface area contributed by atoms with Gasteiger partial charge in [0.05, 0.1) is 35.5 Å². The summed E-state index contributed by atoms with van der Waals surface area (Å²) in [6.07, 6.45) is -2.69. The van der Waals surface area contributed by atoms with Crippen molar-refractivity contribution in [1.82, 2.24) is 15.1 Å². The molecule has 0 bridgehead atoms. The Morgan fingerprint density at radius 3 is 2.42 bits per heavy atom. The molecule has 2 N–H and O–H groups in total. The highest BCUT2D eigenvalue weighted by molar-refractivity contribution is 5.98. The molecule has 0 saturated carbocycles. The van der Waals surface area contributed by atoms with E-state index in [1.165, 1.54) is 30.1 Å². The first-order valence-electron chi connectivity index (χ1n) is 9.58. The van der Waals surface area contributed by atoms with Gasteiger partial charge in [-0.1, -0.05) is 0 Å². The third-order valence-corrected chi connectivity index (χ3v) is 4.23. The molecule has 1 atom stereocenters. The van der Waals surface area contributed by atoms with Gasteiger partial charge in [0.2, 0.25) is 5.60 Å². The number of nitriles is 1. The number of alkyl halides is 3. The number of aromatic nitrogens is 2. The molecule has 0 spiro atoms. The summed E-state index contributed by atoms with van der Waals surface area (Å²) in [7, 11) is 0. The van der Waals surface area contributed by atoms with Crippen molar-refractivity contribution < 1.29 is 32.3 Å². The van der Waals surface area contributed by atoms with Gasteiger partial charge in [-0.3, -0.25) is 14.3 Å². The number of hydrogen-bond acceptors (Lipinski definition) is 6. The summed E-state index contributed by atoms with van der Waals surface area (Å²) in [6, 6.07) is 4.11. The number of carbonyl (C=O) groups excluding carboxylic acids is 3. The summed E-state index contributed by atoms with van der Waals surface area (Å²) in [4.78, 5) is 36.3. The van der Waals surface area contributed by atoms with Gasteiger partial charge in [0.1, 0.15) is 0 Å². The fraction of sp³-hybridized carbons (Fsp3) is 0.381. The zero-order valence-electron chi connectivity index (χ0n) is 18.3. The minimum absolute atomic E-state index is 0.207. The lowest BCUT2D eigenvalue weighted by molar-refractivity contribution is -0.138. The van der Waals surface area contributed by atoms with Crippen LogP contribution in [0.1, 0.15) is 49.2 Å². The molecule has 2 aromatic rings. The van der Waals surface area contributed by atoms with Gasteiger partial charge in [-0.25, -0.2) is 4.79 Å². The number of ether oxygens (including phenoxy) is 1. The molecule has 2 rings (SSSR count). The molecule has 0 fully saturated rings. The number of benzene rings is 1. The van der Waals surface area contributed by atoms with Crippen LogP contribution in [0.15, 0.2) is 30.6 Å².